The van der Waals surface area contributed by atoms with Crippen LogP contribution in [0.2, 0.25) is 0 Å². The minimum Gasteiger partial charge on any atom is -0.289 e. The molecular weight excluding hydrogens is 276 g/mol. The van der Waals surface area contributed by atoms with Crippen molar-refractivity contribution >= 4 is 5.65 Å². The molecule has 0 aromatic carbocycles. The molecule has 1 N–H and O–H groups in total. The highest BCUT2D eigenvalue weighted by molar-refractivity contribution is 5.39. The Kier molecular flexibility index (Phi) is 3.38. The molecule has 1 aliphatic heterocycles. The second kappa shape index (κ2) is 5.53. The van der Waals surface area contributed by atoms with E-state index in [2.05, 4.69) is 33.2 Å². The molecule has 1 atom stereocenters. The Morgan fingerprint density at radius 2 is 2.23 bits per heavy atom. The lowest BCUT2D eigenvalue weighted by molar-refractivity contribution is 0.135. The third-order valence-electron chi connectivity index (χ3n) is 4.44. The largest absolute Gasteiger partial charge is 0.289 e. The van der Waals surface area contributed by atoms with E-state index < -0.39 is 0 Å². The Balaban J connectivity index is 1.67. The van der Waals surface area contributed by atoms with Crippen molar-refractivity contribution in [2.45, 2.75) is 38.8 Å². The van der Waals surface area contributed by atoms with Crippen LogP contribution in [-0.2, 0) is 6.54 Å². The van der Waals surface area contributed by atoms with Crippen molar-refractivity contribution in [1.29, 1.82) is 0 Å². The fraction of sp³-hybridized carbons (Fsp3) is 0.438. The van der Waals surface area contributed by atoms with Crippen molar-refractivity contribution < 1.29 is 0 Å². The van der Waals surface area contributed by atoms with Crippen LogP contribution in [0.3, 0.4) is 0 Å². The van der Waals surface area contributed by atoms with Gasteiger partial charge in [-0.25, -0.2) is 9.50 Å². The van der Waals surface area contributed by atoms with Gasteiger partial charge in [0, 0.05) is 30.2 Å². The molecule has 114 valence electrons. The van der Waals surface area contributed by atoms with E-state index in [1.165, 1.54) is 12.8 Å². The second-order valence-electron chi connectivity index (χ2n) is 5.99. The van der Waals surface area contributed by atoms with Gasteiger partial charge in [-0.05, 0) is 38.4 Å². The van der Waals surface area contributed by atoms with Crippen LogP contribution in [0, 0.1) is 6.92 Å². The molecule has 1 aliphatic rings. The fourth-order valence-electron chi connectivity index (χ4n) is 3.37. The van der Waals surface area contributed by atoms with Crippen LogP contribution in [0.15, 0.2) is 30.6 Å². The van der Waals surface area contributed by atoms with Gasteiger partial charge >= 0.3 is 0 Å². The molecular formula is C16H20N6. The first kappa shape index (κ1) is 13.5. The van der Waals surface area contributed by atoms with E-state index >= 15 is 0 Å². The minimum absolute atomic E-state index is 0.371. The van der Waals surface area contributed by atoms with Gasteiger partial charge in [-0.15, -0.1) is 0 Å². The van der Waals surface area contributed by atoms with E-state index in [9.17, 15) is 0 Å². The number of aromatic amines is 1. The molecule has 3 aromatic rings. The average molecular weight is 296 g/mol. The SMILES string of the molecule is Cc1cc([C@@H]2CCCCN2Cc2ccn[nH]2)nc2ccnn12. The molecule has 6 nitrogen and oxygen atoms in total. The zero-order valence-corrected chi connectivity index (χ0v) is 12.7. The standard InChI is InChI=1S/C16H20N6/c1-12-10-14(19-16-6-8-18-22(12)16)15-4-2-3-9-21(15)11-13-5-7-17-20-13/h5-8,10,15H,2-4,9,11H2,1H3,(H,17,20)/t15-/m0/s1. The maximum absolute atomic E-state index is 4.83. The lowest BCUT2D eigenvalue weighted by atomic mass is 9.98. The van der Waals surface area contributed by atoms with Crippen LogP contribution in [0.1, 0.15) is 42.4 Å². The zero-order valence-electron chi connectivity index (χ0n) is 12.7. The van der Waals surface area contributed by atoms with Gasteiger partial charge < -0.3 is 0 Å². The zero-order chi connectivity index (χ0) is 14.9. The van der Waals surface area contributed by atoms with Crippen molar-refractivity contribution in [2.24, 2.45) is 0 Å². The molecule has 22 heavy (non-hydrogen) atoms. The number of hydrogen-bond donors (Lipinski definition) is 1. The van der Waals surface area contributed by atoms with Crippen molar-refractivity contribution in [3.63, 3.8) is 0 Å². The normalized spacial score (nSPS) is 19.8. The number of nitrogens with zero attached hydrogens (tertiary/aromatic N) is 5. The molecule has 3 aromatic heterocycles. The molecule has 0 amide bonds. The summed E-state index contributed by atoms with van der Waals surface area (Å²) in [4.78, 5) is 7.34. The summed E-state index contributed by atoms with van der Waals surface area (Å²) in [6.45, 7) is 4.10. The molecule has 0 radical (unpaired) electrons. The molecule has 0 bridgehead atoms. The summed E-state index contributed by atoms with van der Waals surface area (Å²) in [6, 6.07) is 6.56. The maximum atomic E-state index is 4.83. The molecule has 0 saturated carbocycles. The summed E-state index contributed by atoms with van der Waals surface area (Å²) in [5.41, 5.74) is 4.39. The molecule has 0 spiro atoms. The van der Waals surface area contributed by atoms with Gasteiger partial charge in [0.2, 0.25) is 0 Å². The van der Waals surface area contributed by atoms with Gasteiger partial charge in [0.1, 0.15) is 0 Å². The van der Waals surface area contributed by atoms with Gasteiger partial charge in [-0.2, -0.15) is 10.2 Å². The fourth-order valence-corrected chi connectivity index (χ4v) is 3.37. The molecule has 0 unspecified atom stereocenters. The van der Waals surface area contributed by atoms with Crippen LogP contribution < -0.4 is 0 Å². The lowest BCUT2D eigenvalue weighted by Gasteiger charge is -2.35. The number of fused-ring (bicyclic) bond motifs is 1. The highest BCUT2D eigenvalue weighted by Crippen LogP contribution is 2.31. The summed E-state index contributed by atoms with van der Waals surface area (Å²) in [6.07, 6.45) is 7.29. The first-order valence-corrected chi connectivity index (χ1v) is 7.85. The smallest absolute Gasteiger partial charge is 0.155 e. The molecule has 1 fully saturated rings. The maximum Gasteiger partial charge on any atom is 0.155 e. The predicted molar refractivity (Wildman–Crippen MR) is 83.3 cm³/mol. The van der Waals surface area contributed by atoms with Gasteiger partial charge in [-0.3, -0.25) is 10.00 Å². The Labute approximate surface area is 129 Å². The van der Waals surface area contributed by atoms with Crippen LogP contribution in [0.5, 0.6) is 0 Å². The first-order valence-electron chi connectivity index (χ1n) is 7.85. The second-order valence-corrected chi connectivity index (χ2v) is 5.99. The highest BCUT2D eigenvalue weighted by atomic mass is 15.3. The molecule has 1 saturated heterocycles. The van der Waals surface area contributed by atoms with Gasteiger partial charge in [0.25, 0.3) is 0 Å². The summed E-state index contributed by atoms with van der Waals surface area (Å²) in [5.74, 6) is 0. The number of H-pyrrole nitrogens is 1. The summed E-state index contributed by atoms with van der Waals surface area (Å²) in [7, 11) is 0. The molecule has 6 heteroatoms. The van der Waals surface area contributed by atoms with Crippen LogP contribution >= 0.6 is 0 Å². The summed E-state index contributed by atoms with van der Waals surface area (Å²) < 4.78 is 1.89. The van der Waals surface area contributed by atoms with E-state index in [-0.39, 0.29) is 0 Å². The number of hydrogen-bond acceptors (Lipinski definition) is 4. The van der Waals surface area contributed by atoms with E-state index in [1.807, 2.05) is 29.0 Å². The number of likely N-dealkylation sites (tertiary alicyclic amines) is 1. The third kappa shape index (κ3) is 2.39. The van der Waals surface area contributed by atoms with Gasteiger partial charge in [-0.1, -0.05) is 6.42 Å². The number of rotatable bonds is 3. The quantitative estimate of drug-likeness (QED) is 0.806. The van der Waals surface area contributed by atoms with Crippen LogP contribution in [0.25, 0.3) is 5.65 Å². The van der Waals surface area contributed by atoms with Gasteiger partial charge in [0.05, 0.1) is 17.9 Å². The van der Waals surface area contributed by atoms with E-state index in [4.69, 9.17) is 4.98 Å². The van der Waals surface area contributed by atoms with Crippen LogP contribution in [-0.4, -0.2) is 36.2 Å². The predicted octanol–water partition coefficient (Wildman–Crippen LogP) is 2.49. The van der Waals surface area contributed by atoms with Crippen molar-refractivity contribution in [3.8, 4) is 0 Å². The first-order chi connectivity index (χ1) is 10.8. The Hall–Kier alpha value is -2.21. The Morgan fingerprint density at radius 3 is 3.09 bits per heavy atom. The van der Waals surface area contributed by atoms with Crippen LogP contribution in [0.4, 0.5) is 0 Å². The number of aromatic nitrogens is 5. The number of piperidine rings is 1. The average Bonchev–Trinajstić information content (AvgIpc) is 3.19. The van der Waals surface area contributed by atoms with Crippen molar-refractivity contribution in [2.75, 3.05) is 6.54 Å². The number of nitrogens with one attached hydrogen (secondary N) is 1. The number of aryl methyl sites for hydroxylation is 1. The van der Waals surface area contributed by atoms with Crippen molar-refractivity contribution in [1.82, 2.24) is 29.7 Å². The monoisotopic (exact) mass is 296 g/mol. The lowest BCUT2D eigenvalue weighted by Crippen LogP contribution is -2.33. The molecule has 4 rings (SSSR count). The molecule has 4 heterocycles. The Bertz CT molecular complexity index is 760. The van der Waals surface area contributed by atoms with Gasteiger partial charge in [0.15, 0.2) is 5.65 Å². The summed E-state index contributed by atoms with van der Waals surface area (Å²) >= 11 is 0. The van der Waals surface area contributed by atoms with E-state index in [0.717, 1.165) is 42.2 Å². The summed E-state index contributed by atoms with van der Waals surface area (Å²) in [5, 5.41) is 11.4. The Morgan fingerprint density at radius 1 is 1.27 bits per heavy atom. The third-order valence-corrected chi connectivity index (χ3v) is 4.44. The highest BCUT2D eigenvalue weighted by Gasteiger charge is 2.26. The minimum atomic E-state index is 0.371. The molecule has 0 aliphatic carbocycles. The topological polar surface area (TPSA) is 62.1 Å². The van der Waals surface area contributed by atoms with E-state index in [1.54, 1.807) is 0 Å². The van der Waals surface area contributed by atoms with Crippen molar-refractivity contribution in [3.05, 3.63) is 47.7 Å². The van der Waals surface area contributed by atoms with E-state index in [0.29, 0.717) is 6.04 Å².